The second-order valence-electron chi connectivity index (χ2n) is 8.06. The van der Waals surface area contributed by atoms with Gasteiger partial charge in [-0.15, -0.1) is 0 Å². The molecule has 4 heteroatoms. The molecule has 34 heavy (non-hydrogen) atoms. The zero-order chi connectivity index (χ0) is 23.5. The number of benzene rings is 4. The molecule has 0 aliphatic heterocycles. The number of pyridine rings is 1. The van der Waals surface area contributed by atoms with Crippen molar-refractivity contribution in [1.29, 1.82) is 0 Å². The van der Waals surface area contributed by atoms with E-state index in [1.807, 2.05) is 85.8 Å². The quantitative estimate of drug-likeness (QED) is 0.268. The average molecular weight is 449 g/mol. The van der Waals surface area contributed by atoms with Crippen LogP contribution in [0.5, 0.6) is 0 Å². The van der Waals surface area contributed by atoms with Gasteiger partial charge in [-0.1, -0.05) is 66.2 Å². The van der Waals surface area contributed by atoms with Crippen LogP contribution in [0.15, 0.2) is 115 Å². The summed E-state index contributed by atoms with van der Waals surface area (Å²) in [6, 6.07) is 33.5. The van der Waals surface area contributed by atoms with E-state index in [0.717, 1.165) is 22.6 Å². The van der Waals surface area contributed by atoms with E-state index >= 15 is 4.39 Å². The van der Waals surface area contributed by atoms with E-state index in [-0.39, 0.29) is 11.1 Å². The van der Waals surface area contributed by atoms with Crippen molar-refractivity contribution in [1.82, 2.24) is 4.98 Å². The third-order valence-corrected chi connectivity index (χ3v) is 5.70. The van der Waals surface area contributed by atoms with Gasteiger partial charge in [0.05, 0.1) is 11.3 Å². The predicted octanol–water partition coefficient (Wildman–Crippen LogP) is 8.47. The Balaban J connectivity index is 1.64. The van der Waals surface area contributed by atoms with Crippen molar-refractivity contribution in [2.45, 2.75) is 6.92 Å². The van der Waals surface area contributed by atoms with Crippen molar-refractivity contribution in [3.05, 3.63) is 133 Å². The Hall–Kier alpha value is -4.31. The van der Waals surface area contributed by atoms with Crippen LogP contribution in [-0.2, 0) is 0 Å². The minimum atomic E-state index is -0.624. The summed E-state index contributed by atoms with van der Waals surface area (Å²) in [6.07, 6.45) is 1.65. The van der Waals surface area contributed by atoms with Crippen molar-refractivity contribution >= 4 is 17.1 Å². The van der Waals surface area contributed by atoms with Crippen LogP contribution in [0.2, 0.25) is 0 Å². The van der Waals surface area contributed by atoms with Crippen LogP contribution in [0.4, 0.5) is 25.8 Å². The zero-order valence-corrected chi connectivity index (χ0v) is 18.6. The van der Waals surface area contributed by atoms with Crippen molar-refractivity contribution in [3.63, 3.8) is 0 Å². The fraction of sp³-hybridized carbons (Fsp3) is 0.0333. The first-order valence-corrected chi connectivity index (χ1v) is 11.0. The molecule has 2 nitrogen and oxygen atoms in total. The molecule has 0 amide bonds. The Morgan fingerprint density at radius 1 is 0.647 bits per heavy atom. The summed E-state index contributed by atoms with van der Waals surface area (Å²) >= 11 is 0. The maximum Gasteiger partial charge on any atom is 0.143 e. The summed E-state index contributed by atoms with van der Waals surface area (Å²) in [5.74, 6) is -1.22. The highest BCUT2D eigenvalue weighted by atomic mass is 19.1. The van der Waals surface area contributed by atoms with Crippen LogP contribution in [0.25, 0.3) is 22.4 Å². The van der Waals surface area contributed by atoms with E-state index in [1.165, 1.54) is 12.1 Å². The number of aromatic nitrogens is 1. The van der Waals surface area contributed by atoms with Crippen molar-refractivity contribution in [2.24, 2.45) is 0 Å². The van der Waals surface area contributed by atoms with E-state index in [1.54, 1.807) is 24.4 Å². The van der Waals surface area contributed by atoms with Gasteiger partial charge < -0.3 is 4.90 Å². The van der Waals surface area contributed by atoms with Crippen LogP contribution in [0.3, 0.4) is 0 Å². The molecule has 166 valence electrons. The monoisotopic (exact) mass is 448 g/mol. The van der Waals surface area contributed by atoms with E-state index in [4.69, 9.17) is 0 Å². The van der Waals surface area contributed by atoms with Gasteiger partial charge in [-0.3, -0.25) is 4.98 Å². The molecule has 0 radical (unpaired) electrons. The summed E-state index contributed by atoms with van der Waals surface area (Å²) in [4.78, 5) is 6.51. The van der Waals surface area contributed by atoms with Gasteiger partial charge in [0.15, 0.2) is 0 Å². The number of hydrogen-bond donors (Lipinski definition) is 0. The van der Waals surface area contributed by atoms with Crippen LogP contribution in [-0.4, -0.2) is 4.98 Å². The first kappa shape index (κ1) is 21.5. The third-order valence-electron chi connectivity index (χ3n) is 5.70. The highest BCUT2D eigenvalue weighted by Gasteiger charge is 2.19. The summed E-state index contributed by atoms with van der Waals surface area (Å²) in [7, 11) is 0. The molecule has 0 atom stereocenters. The van der Waals surface area contributed by atoms with Crippen LogP contribution in [0.1, 0.15) is 5.56 Å². The van der Waals surface area contributed by atoms with Gasteiger partial charge in [0, 0.05) is 28.8 Å². The van der Waals surface area contributed by atoms with E-state index < -0.39 is 11.6 Å². The molecular formula is C30H22F2N2. The summed E-state index contributed by atoms with van der Waals surface area (Å²) in [5.41, 5.74) is 4.82. The minimum Gasteiger partial charge on any atom is -0.310 e. The summed E-state index contributed by atoms with van der Waals surface area (Å²) in [6.45, 7) is 1.90. The second kappa shape index (κ2) is 9.28. The van der Waals surface area contributed by atoms with Gasteiger partial charge in [0.25, 0.3) is 0 Å². The van der Waals surface area contributed by atoms with Crippen molar-refractivity contribution in [2.75, 3.05) is 4.90 Å². The van der Waals surface area contributed by atoms with Gasteiger partial charge in [-0.05, 0) is 61.0 Å². The standard InChI is InChI=1S/C30H22F2N2/c1-21-9-8-10-22(19-21)29-27(31)16-15-26(30(29)32)28-20-25(17-18-33-28)34(23-11-4-2-5-12-23)24-13-6-3-7-14-24/h2-20H,1H3. The molecule has 4 aromatic carbocycles. The largest absolute Gasteiger partial charge is 0.310 e. The van der Waals surface area contributed by atoms with E-state index in [0.29, 0.717) is 11.3 Å². The van der Waals surface area contributed by atoms with Crippen LogP contribution in [0, 0.1) is 18.6 Å². The van der Waals surface area contributed by atoms with E-state index in [9.17, 15) is 4.39 Å². The molecule has 0 aliphatic rings. The first-order valence-electron chi connectivity index (χ1n) is 11.0. The van der Waals surface area contributed by atoms with Crippen LogP contribution >= 0.6 is 0 Å². The number of hydrogen-bond acceptors (Lipinski definition) is 2. The van der Waals surface area contributed by atoms with Crippen molar-refractivity contribution in [3.8, 4) is 22.4 Å². The maximum absolute atomic E-state index is 15.7. The molecule has 0 N–H and O–H groups in total. The Kier molecular flexibility index (Phi) is 5.88. The molecule has 5 rings (SSSR count). The molecule has 0 unspecified atom stereocenters. The summed E-state index contributed by atoms with van der Waals surface area (Å²) < 4.78 is 30.5. The van der Waals surface area contributed by atoms with Gasteiger partial charge in [-0.25, -0.2) is 8.78 Å². The minimum absolute atomic E-state index is 0.0450. The molecular weight excluding hydrogens is 426 g/mol. The summed E-state index contributed by atoms with van der Waals surface area (Å²) in [5, 5.41) is 0. The smallest absolute Gasteiger partial charge is 0.143 e. The molecule has 0 saturated carbocycles. The molecule has 0 aliphatic carbocycles. The average Bonchev–Trinajstić information content (AvgIpc) is 2.86. The molecule has 0 saturated heterocycles. The lowest BCUT2D eigenvalue weighted by atomic mass is 9.98. The normalized spacial score (nSPS) is 10.8. The zero-order valence-electron chi connectivity index (χ0n) is 18.6. The molecule has 0 fully saturated rings. The molecule has 0 spiro atoms. The molecule has 1 aromatic heterocycles. The number of rotatable bonds is 5. The maximum atomic E-state index is 15.7. The fourth-order valence-electron chi connectivity index (χ4n) is 4.12. The SMILES string of the molecule is Cc1cccc(-c2c(F)ccc(-c3cc(N(c4ccccc4)c4ccccc4)ccn3)c2F)c1. The third kappa shape index (κ3) is 4.18. The molecule has 5 aromatic rings. The number of nitrogens with zero attached hydrogens (tertiary/aromatic N) is 2. The first-order chi connectivity index (χ1) is 16.6. The number of anilines is 3. The number of para-hydroxylation sites is 2. The Bertz CT molecular complexity index is 1390. The van der Waals surface area contributed by atoms with Gasteiger partial charge >= 0.3 is 0 Å². The highest BCUT2D eigenvalue weighted by Crippen LogP contribution is 2.37. The molecule has 1 heterocycles. The van der Waals surface area contributed by atoms with Crippen LogP contribution < -0.4 is 4.90 Å². The molecule has 0 bridgehead atoms. The lowest BCUT2D eigenvalue weighted by Gasteiger charge is -2.25. The van der Waals surface area contributed by atoms with Crippen molar-refractivity contribution < 1.29 is 8.78 Å². The van der Waals surface area contributed by atoms with E-state index in [2.05, 4.69) is 9.88 Å². The van der Waals surface area contributed by atoms with Gasteiger partial charge in [-0.2, -0.15) is 0 Å². The number of halogens is 2. The second-order valence-corrected chi connectivity index (χ2v) is 8.06. The lowest BCUT2D eigenvalue weighted by Crippen LogP contribution is -2.10. The Morgan fingerprint density at radius 3 is 1.97 bits per heavy atom. The topological polar surface area (TPSA) is 16.1 Å². The van der Waals surface area contributed by atoms with Gasteiger partial charge in [0.1, 0.15) is 11.6 Å². The Labute approximate surface area is 197 Å². The Morgan fingerprint density at radius 2 is 1.32 bits per heavy atom. The fourth-order valence-corrected chi connectivity index (χ4v) is 4.12. The lowest BCUT2D eigenvalue weighted by molar-refractivity contribution is 0.591. The number of aryl methyl sites for hydroxylation is 1. The predicted molar refractivity (Wildman–Crippen MR) is 134 cm³/mol. The highest BCUT2D eigenvalue weighted by molar-refractivity contribution is 5.80. The van der Waals surface area contributed by atoms with Gasteiger partial charge in [0.2, 0.25) is 0 Å².